The fourth-order valence-electron chi connectivity index (χ4n) is 11.3. The van der Waals surface area contributed by atoms with Crippen LogP contribution in [0.4, 0.5) is 0 Å². The molecule has 0 aromatic rings. The van der Waals surface area contributed by atoms with Crippen LogP contribution >= 0.6 is 15.6 Å². The van der Waals surface area contributed by atoms with Gasteiger partial charge in [-0.2, -0.15) is 0 Å². The average Bonchev–Trinajstić information content (AvgIpc) is 2.06. The lowest BCUT2D eigenvalue weighted by molar-refractivity contribution is -0.161. The van der Waals surface area contributed by atoms with Gasteiger partial charge in [-0.1, -0.05) is 325 Å². The van der Waals surface area contributed by atoms with Gasteiger partial charge < -0.3 is 33.8 Å². The summed E-state index contributed by atoms with van der Waals surface area (Å²) in [6.45, 7) is 14.2. The molecule has 0 aromatic heterocycles. The van der Waals surface area contributed by atoms with Gasteiger partial charge in [-0.3, -0.25) is 37.3 Å². The monoisotopic (exact) mass is 1380 g/mol. The molecule has 3 N–H and O–H groups in total. The fraction of sp³-hybridized carbons (Fsp3) is 0.947. The molecule has 0 aliphatic rings. The van der Waals surface area contributed by atoms with Crippen molar-refractivity contribution in [1.29, 1.82) is 0 Å². The quantitative estimate of drug-likeness (QED) is 0.0222. The Labute approximate surface area is 575 Å². The number of esters is 4. The number of ether oxygens (including phenoxy) is 4. The molecule has 0 aliphatic carbocycles. The topological polar surface area (TPSA) is 237 Å². The Balaban J connectivity index is 5.25. The number of phosphoric acid groups is 2. The van der Waals surface area contributed by atoms with Crippen molar-refractivity contribution in [2.24, 2.45) is 23.7 Å². The van der Waals surface area contributed by atoms with Crippen molar-refractivity contribution in [3.05, 3.63) is 0 Å². The Kier molecular flexibility index (Phi) is 63.1. The molecule has 94 heavy (non-hydrogen) atoms. The number of aliphatic hydroxyl groups is 1. The van der Waals surface area contributed by atoms with Crippen LogP contribution in [-0.4, -0.2) is 96.7 Å². The molecule has 558 valence electrons. The molecule has 6 unspecified atom stereocenters. The van der Waals surface area contributed by atoms with Gasteiger partial charge in [0.05, 0.1) is 26.4 Å². The molecule has 19 heteroatoms. The number of phosphoric ester groups is 2. The van der Waals surface area contributed by atoms with E-state index < -0.39 is 97.5 Å². The van der Waals surface area contributed by atoms with Gasteiger partial charge in [0.15, 0.2) is 12.2 Å². The zero-order chi connectivity index (χ0) is 69.6. The van der Waals surface area contributed by atoms with Crippen molar-refractivity contribution in [2.75, 3.05) is 39.6 Å². The molecule has 0 fully saturated rings. The Morgan fingerprint density at radius 2 is 0.511 bits per heavy atom. The van der Waals surface area contributed by atoms with Gasteiger partial charge in [0.1, 0.15) is 19.3 Å². The summed E-state index contributed by atoms with van der Waals surface area (Å²) in [6, 6.07) is 0. The normalized spacial score (nSPS) is 15.0. The van der Waals surface area contributed by atoms with Crippen LogP contribution in [0.5, 0.6) is 0 Å². The molecule has 0 amide bonds. The van der Waals surface area contributed by atoms with Crippen LogP contribution in [0.1, 0.15) is 376 Å². The van der Waals surface area contributed by atoms with Crippen molar-refractivity contribution in [2.45, 2.75) is 395 Å². The van der Waals surface area contributed by atoms with E-state index in [2.05, 4.69) is 55.4 Å². The highest BCUT2D eigenvalue weighted by atomic mass is 31.2. The van der Waals surface area contributed by atoms with Gasteiger partial charge in [0.25, 0.3) is 0 Å². The predicted molar refractivity (Wildman–Crippen MR) is 381 cm³/mol. The fourth-order valence-corrected chi connectivity index (χ4v) is 12.9. The van der Waals surface area contributed by atoms with E-state index >= 15 is 0 Å². The summed E-state index contributed by atoms with van der Waals surface area (Å²) in [6.07, 6.45) is 48.5. The zero-order valence-corrected chi connectivity index (χ0v) is 63.4. The predicted octanol–water partition coefficient (Wildman–Crippen LogP) is 21.7. The first kappa shape index (κ1) is 92.1. The molecule has 0 aliphatic heterocycles. The molecular formula is C75H146O17P2. The van der Waals surface area contributed by atoms with Gasteiger partial charge in [-0.25, -0.2) is 9.13 Å². The first-order valence-electron chi connectivity index (χ1n) is 38.8. The van der Waals surface area contributed by atoms with Crippen LogP contribution in [0.25, 0.3) is 0 Å². The number of hydrogen-bond acceptors (Lipinski definition) is 15. The molecule has 0 saturated carbocycles. The van der Waals surface area contributed by atoms with E-state index in [9.17, 15) is 43.2 Å². The average molecular weight is 1380 g/mol. The number of carbonyl (C=O) groups excluding carboxylic acids is 4. The van der Waals surface area contributed by atoms with Crippen molar-refractivity contribution in [3.63, 3.8) is 0 Å². The van der Waals surface area contributed by atoms with Crippen molar-refractivity contribution in [3.8, 4) is 0 Å². The molecular weight excluding hydrogens is 1230 g/mol. The van der Waals surface area contributed by atoms with E-state index in [1.165, 1.54) is 173 Å². The minimum Gasteiger partial charge on any atom is -0.462 e. The summed E-state index contributed by atoms with van der Waals surface area (Å²) in [5.41, 5.74) is 0. The van der Waals surface area contributed by atoms with E-state index in [1.54, 1.807) is 0 Å². The van der Waals surface area contributed by atoms with Crippen molar-refractivity contribution >= 4 is 39.5 Å². The van der Waals surface area contributed by atoms with Gasteiger partial charge in [-0.05, 0) is 49.4 Å². The first-order valence-corrected chi connectivity index (χ1v) is 41.8. The van der Waals surface area contributed by atoms with E-state index in [-0.39, 0.29) is 25.7 Å². The molecule has 0 rings (SSSR count). The third kappa shape index (κ3) is 64.7. The molecule has 0 spiro atoms. The highest BCUT2D eigenvalue weighted by molar-refractivity contribution is 7.47. The van der Waals surface area contributed by atoms with Crippen LogP contribution in [0.15, 0.2) is 0 Å². The van der Waals surface area contributed by atoms with Gasteiger partial charge in [-0.15, -0.1) is 0 Å². The number of carbonyl (C=O) groups is 4. The second-order valence-corrected chi connectivity index (χ2v) is 31.1. The highest BCUT2D eigenvalue weighted by Crippen LogP contribution is 2.45. The Morgan fingerprint density at radius 3 is 0.755 bits per heavy atom. The Morgan fingerprint density at radius 1 is 0.298 bits per heavy atom. The lowest BCUT2D eigenvalue weighted by atomic mass is 9.99. The number of aliphatic hydroxyl groups excluding tert-OH is 1. The van der Waals surface area contributed by atoms with E-state index in [4.69, 9.17) is 37.0 Å². The van der Waals surface area contributed by atoms with E-state index in [0.29, 0.717) is 31.6 Å². The minimum atomic E-state index is -4.96. The number of unbranched alkanes of at least 4 members (excludes halogenated alkanes) is 35. The SMILES string of the molecule is CCC(C)CCCCCCCCCCCCCCCCC(=O)OC[C@H](COP(=O)(O)OCC(O)COP(=O)(O)OC[C@@H](COC(=O)CCCCCCCCCC(C)C)OC(=O)CCCCCCCCCCC(C)CC)OC(=O)CCCCCCCCCCCCC(C)CC. The van der Waals surface area contributed by atoms with E-state index in [0.717, 1.165) is 114 Å². The molecule has 0 heterocycles. The summed E-state index contributed by atoms with van der Waals surface area (Å²) >= 11 is 0. The van der Waals surface area contributed by atoms with Gasteiger partial charge >= 0.3 is 39.5 Å². The summed E-state index contributed by atoms with van der Waals surface area (Å²) in [4.78, 5) is 72.8. The lowest BCUT2D eigenvalue weighted by Crippen LogP contribution is -2.30. The Bertz CT molecular complexity index is 1860. The molecule has 0 saturated heterocycles. The van der Waals surface area contributed by atoms with Crippen LogP contribution in [-0.2, 0) is 65.4 Å². The maximum atomic E-state index is 13.1. The van der Waals surface area contributed by atoms with Crippen molar-refractivity contribution in [1.82, 2.24) is 0 Å². The summed E-state index contributed by atoms with van der Waals surface area (Å²) in [7, 11) is -9.91. The standard InChI is InChI=1S/C75H146O17P2/c1-9-66(6)52-44-36-28-20-16-14-12-13-15-17-22-31-39-47-55-72(77)85-61-70(91-74(79)57-49-41-32-23-19-18-21-29-37-45-53-67(7)10-2)63-89-93(81,82)87-59-69(76)60-88-94(83,84)90-64-71(62-86-73(78)56-48-40-34-26-27-35-43-51-65(4)5)92-75(80)58-50-42-33-25-24-30-38-46-54-68(8)11-3/h65-71,76H,9-64H2,1-8H3,(H,81,82)(H,83,84)/t66?,67?,68?,69?,70-,71-/m1/s1. The molecule has 0 radical (unpaired) electrons. The maximum absolute atomic E-state index is 13.1. The third-order valence-electron chi connectivity index (χ3n) is 18.4. The molecule has 8 atom stereocenters. The summed E-state index contributed by atoms with van der Waals surface area (Å²) in [5, 5.41) is 10.6. The number of rotatable bonds is 72. The first-order chi connectivity index (χ1) is 45.2. The largest absolute Gasteiger partial charge is 0.472 e. The Hall–Kier alpha value is -1.94. The third-order valence-corrected chi connectivity index (χ3v) is 20.3. The molecule has 0 aromatic carbocycles. The van der Waals surface area contributed by atoms with E-state index in [1.807, 2.05) is 0 Å². The highest BCUT2D eigenvalue weighted by Gasteiger charge is 2.30. The smallest absolute Gasteiger partial charge is 0.462 e. The van der Waals surface area contributed by atoms with Crippen molar-refractivity contribution < 1.29 is 80.2 Å². The van der Waals surface area contributed by atoms with Crippen LogP contribution in [0, 0.1) is 23.7 Å². The molecule has 0 bridgehead atoms. The lowest BCUT2D eigenvalue weighted by Gasteiger charge is -2.21. The second kappa shape index (κ2) is 64.4. The van der Waals surface area contributed by atoms with Gasteiger partial charge in [0, 0.05) is 25.7 Å². The van der Waals surface area contributed by atoms with Gasteiger partial charge in [0.2, 0.25) is 0 Å². The summed E-state index contributed by atoms with van der Waals surface area (Å²) in [5.74, 6) is 1.00. The van der Waals surface area contributed by atoms with Crippen LogP contribution in [0.2, 0.25) is 0 Å². The van der Waals surface area contributed by atoms with Crippen LogP contribution < -0.4 is 0 Å². The summed E-state index contributed by atoms with van der Waals surface area (Å²) < 4.78 is 68.5. The molecule has 17 nitrogen and oxygen atoms in total. The zero-order valence-electron chi connectivity index (χ0n) is 61.6. The second-order valence-electron chi connectivity index (χ2n) is 28.2. The maximum Gasteiger partial charge on any atom is 0.472 e. The number of hydrogen-bond donors (Lipinski definition) is 3. The van der Waals surface area contributed by atoms with Crippen LogP contribution in [0.3, 0.4) is 0 Å². The minimum absolute atomic E-state index is 0.104.